The second kappa shape index (κ2) is 9.43. The molecule has 0 radical (unpaired) electrons. The molecule has 7 nitrogen and oxygen atoms in total. The van der Waals surface area contributed by atoms with Crippen molar-refractivity contribution in [2.45, 2.75) is 26.3 Å². The van der Waals surface area contributed by atoms with Gasteiger partial charge in [0.2, 0.25) is 11.8 Å². The van der Waals surface area contributed by atoms with Crippen LogP contribution >= 0.6 is 0 Å². The van der Waals surface area contributed by atoms with Crippen LogP contribution in [0, 0.1) is 0 Å². The summed E-state index contributed by atoms with van der Waals surface area (Å²) in [4.78, 5) is 25.8. The highest BCUT2D eigenvalue weighted by Crippen LogP contribution is 2.33. The van der Waals surface area contributed by atoms with Crippen LogP contribution in [0.3, 0.4) is 0 Å². The summed E-state index contributed by atoms with van der Waals surface area (Å²) in [5.74, 6) is 1.28. The van der Waals surface area contributed by atoms with E-state index in [-0.39, 0.29) is 11.8 Å². The molecular weight excluding hydrogens is 370 g/mol. The number of methoxy groups -OCH3 is 2. The Morgan fingerprint density at radius 2 is 1.66 bits per heavy atom. The number of nitrogens with one attached hydrogen (secondary N) is 2. The first kappa shape index (κ1) is 20.7. The fraction of sp³-hybridized carbons (Fsp3) is 0.364. The van der Waals surface area contributed by atoms with Crippen molar-refractivity contribution in [3.8, 4) is 11.5 Å². The molecule has 1 aliphatic heterocycles. The summed E-state index contributed by atoms with van der Waals surface area (Å²) >= 11 is 0. The zero-order chi connectivity index (χ0) is 20.8. The predicted octanol–water partition coefficient (Wildman–Crippen LogP) is 3.05. The molecule has 0 saturated heterocycles. The minimum Gasteiger partial charge on any atom is -0.493 e. The van der Waals surface area contributed by atoms with E-state index in [0.717, 1.165) is 31.0 Å². The van der Waals surface area contributed by atoms with Crippen LogP contribution in [0.15, 0.2) is 36.4 Å². The molecule has 0 unspecified atom stereocenters. The van der Waals surface area contributed by atoms with E-state index in [9.17, 15) is 9.59 Å². The lowest BCUT2D eigenvalue weighted by Crippen LogP contribution is -2.33. The third-order valence-electron chi connectivity index (χ3n) is 4.92. The fourth-order valence-electron chi connectivity index (χ4n) is 3.49. The molecule has 1 aliphatic rings. The number of hydrogen-bond donors (Lipinski definition) is 2. The van der Waals surface area contributed by atoms with Gasteiger partial charge in [-0.2, -0.15) is 0 Å². The fourth-order valence-corrected chi connectivity index (χ4v) is 3.49. The van der Waals surface area contributed by atoms with Gasteiger partial charge in [0.05, 0.1) is 14.2 Å². The Hall–Kier alpha value is -3.06. The monoisotopic (exact) mass is 397 g/mol. The average molecular weight is 397 g/mol. The number of rotatable bonds is 7. The average Bonchev–Trinajstić information content (AvgIpc) is 2.70. The van der Waals surface area contributed by atoms with E-state index in [1.165, 1.54) is 18.1 Å². The summed E-state index contributed by atoms with van der Waals surface area (Å²) in [7, 11) is 3.28. The van der Waals surface area contributed by atoms with Crippen molar-refractivity contribution < 1.29 is 19.1 Å². The van der Waals surface area contributed by atoms with Gasteiger partial charge >= 0.3 is 0 Å². The molecule has 7 heteroatoms. The number of hydrogen-bond acceptors (Lipinski definition) is 5. The highest BCUT2D eigenvalue weighted by atomic mass is 16.5. The first-order valence-corrected chi connectivity index (χ1v) is 9.62. The number of benzene rings is 2. The Morgan fingerprint density at radius 3 is 2.31 bits per heavy atom. The van der Waals surface area contributed by atoms with Gasteiger partial charge in [-0.3, -0.25) is 14.5 Å². The maximum Gasteiger partial charge on any atom is 0.225 e. The van der Waals surface area contributed by atoms with Gasteiger partial charge < -0.3 is 20.1 Å². The van der Waals surface area contributed by atoms with Gasteiger partial charge in [0.1, 0.15) is 0 Å². The molecule has 1 heterocycles. The normalized spacial score (nSPS) is 13.3. The van der Waals surface area contributed by atoms with Crippen molar-refractivity contribution in [3.63, 3.8) is 0 Å². The summed E-state index contributed by atoms with van der Waals surface area (Å²) < 4.78 is 10.8. The molecule has 0 fully saturated rings. The summed E-state index contributed by atoms with van der Waals surface area (Å²) in [6.07, 6.45) is 1.31. The van der Waals surface area contributed by atoms with Gasteiger partial charge in [-0.1, -0.05) is 6.07 Å². The largest absolute Gasteiger partial charge is 0.493 e. The Morgan fingerprint density at radius 1 is 1.00 bits per heavy atom. The van der Waals surface area contributed by atoms with E-state index in [4.69, 9.17) is 9.47 Å². The number of fused-ring (bicyclic) bond motifs is 1. The molecule has 0 bridgehead atoms. The first-order chi connectivity index (χ1) is 14.0. The lowest BCUT2D eigenvalue weighted by Gasteiger charge is -2.29. The summed E-state index contributed by atoms with van der Waals surface area (Å²) in [5, 5.41) is 5.61. The van der Waals surface area contributed by atoms with Gasteiger partial charge in [-0.25, -0.2) is 0 Å². The van der Waals surface area contributed by atoms with Crippen LogP contribution < -0.4 is 20.1 Å². The van der Waals surface area contributed by atoms with E-state index >= 15 is 0 Å². The number of amides is 2. The van der Waals surface area contributed by atoms with Crippen LogP contribution in [0.1, 0.15) is 24.5 Å². The maximum absolute atomic E-state index is 12.4. The molecule has 3 rings (SSSR count). The maximum atomic E-state index is 12.4. The lowest BCUT2D eigenvalue weighted by atomic mass is 9.98. The van der Waals surface area contributed by atoms with Gasteiger partial charge in [0, 0.05) is 44.4 Å². The predicted molar refractivity (Wildman–Crippen MR) is 113 cm³/mol. The highest BCUT2D eigenvalue weighted by Gasteiger charge is 2.20. The SMILES string of the molecule is COc1cc2c(cc1OC)CN(CCC(=O)Nc1cccc(NC(C)=O)c1)CC2. The molecular formula is C22H27N3O4. The van der Waals surface area contributed by atoms with Crippen LogP contribution in [-0.4, -0.2) is 44.0 Å². The molecule has 154 valence electrons. The smallest absolute Gasteiger partial charge is 0.225 e. The zero-order valence-corrected chi connectivity index (χ0v) is 17.1. The molecule has 0 spiro atoms. The van der Waals surface area contributed by atoms with Gasteiger partial charge in [0.15, 0.2) is 11.5 Å². The summed E-state index contributed by atoms with van der Waals surface area (Å²) in [6.45, 7) is 3.80. The second-order valence-corrected chi connectivity index (χ2v) is 7.06. The van der Waals surface area contributed by atoms with Crippen LogP contribution in [0.5, 0.6) is 11.5 Å². The van der Waals surface area contributed by atoms with Gasteiger partial charge in [-0.15, -0.1) is 0 Å². The van der Waals surface area contributed by atoms with E-state index < -0.39 is 0 Å². The molecule has 2 N–H and O–H groups in total. The number of nitrogens with zero attached hydrogens (tertiary/aromatic N) is 1. The van der Waals surface area contributed by atoms with E-state index in [2.05, 4.69) is 15.5 Å². The second-order valence-electron chi connectivity index (χ2n) is 7.06. The standard InChI is InChI=1S/C22H27N3O4/c1-15(26)23-18-5-4-6-19(13-18)24-22(27)8-10-25-9-7-16-11-20(28-2)21(29-3)12-17(16)14-25/h4-6,11-13H,7-10,14H2,1-3H3,(H,23,26)(H,24,27). The van der Waals surface area contributed by atoms with Gasteiger partial charge in [0.25, 0.3) is 0 Å². The van der Waals surface area contributed by atoms with Crippen LogP contribution in [0.4, 0.5) is 11.4 Å². The third kappa shape index (κ3) is 5.48. The highest BCUT2D eigenvalue weighted by molar-refractivity contribution is 5.93. The van der Waals surface area contributed by atoms with E-state index in [0.29, 0.717) is 24.3 Å². The molecule has 0 aromatic heterocycles. The van der Waals surface area contributed by atoms with Crippen molar-refractivity contribution in [1.82, 2.24) is 4.90 Å². The molecule has 0 saturated carbocycles. The van der Waals surface area contributed by atoms with Crippen molar-refractivity contribution in [3.05, 3.63) is 47.5 Å². The lowest BCUT2D eigenvalue weighted by molar-refractivity contribution is -0.116. The number of carbonyl (C=O) groups is 2. The summed E-state index contributed by atoms with van der Waals surface area (Å²) in [5.41, 5.74) is 3.80. The molecule has 0 atom stereocenters. The molecule has 2 aromatic carbocycles. The number of carbonyl (C=O) groups excluding carboxylic acids is 2. The van der Waals surface area contributed by atoms with Crippen molar-refractivity contribution in [2.24, 2.45) is 0 Å². The van der Waals surface area contributed by atoms with Crippen LogP contribution in [-0.2, 0) is 22.6 Å². The minimum atomic E-state index is -0.145. The van der Waals surface area contributed by atoms with Gasteiger partial charge in [-0.05, 0) is 47.9 Å². The third-order valence-corrected chi connectivity index (χ3v) is 4.92. The van der Waals surface area contributed by atoms with E-state index in [1.54, 1.807) is 38.5 Å². The van der Waals surface area contributed by atoms with Crippen molar-refractivity contribution >= 4 is 23.2 Å². The Labute approximate surface area is 171 Å². The Bertz CT molecular complexity index is 898. The van der Waals surface area contributed by atoms with Crippen molar-refractivity contribution in [2.75, 3.05) is 37.9 Å². The molecule has 29 heavy (non-hydrogen) atoms. The van der Waals surface area contributed by atoms with Crippen LogP contribution in [0.25, 0.3) is 0 Å². The quantitative estimate of drug-likeness (QED) is 0.751. The molecule has 2 amide bonds. The molecule has 2 aromatic rings. The zero-order valence-electron chi connectivity index (χ0n) is 17.1. The van der Waals surface area contributed by atoms with Crippen LogP contribution in [0.2, 0.25) is 0 Å². The summed E-state index contributed by atoms with van der Waals surface area (Å²) in [6, 6.07) is 11.2. The van der Waals surface area contributed by atoms with Crippen molar-refractivity contribution in [1.29, 1.82) is 0 Å². The first-order valence-electron chi connectivity index (χ1n) is 9.62. The topological polar surface area (TPSA) is 79.9 Å². The van der Waals surface area contributed by atoms with E-state index in [1.807, 2.05) is 12.1 Å². The Balaban J connectivity index is 1.54. The molecule has 0 aliphatic carbocycles. The number of ether oxygens (including phenoxy) is 2. The minimum absolute atomic E-state index is 0.0527. The Kier molecular flexibility index (Phi) is 6.72. The number of anilines is 2.